The number of benzene rings is 2. The van der Waals surface area contributed by atoms with Gasteiger partial charge in [-0.15, -0.1) is 0 Å². The zero-order valence-electron chi connectivity index (χ0n) is 24.0. The van der Waals surface area contributed by atoms with Crippen LogP contribution < -0.4 is 29.3 Å². The monoisotopic (exact) mass is 580 g/mol. The first kappa shape index (κ1) is 29.5. The highest BCUT2D eigenvalue weighted by molar-refractivity contribution is 7.07. The van der Waals surface area contributed by atoms with Gasteiger partial charge in [0.25, 0.3) is 11.2 Å². The molecule has 216 valence electrons. The summed E-state index contributed by atoms with van der Waals surface area (Å²) in [6.45, 7) is 7.36. The molecule has 2 heterocycles. The number of methoxy groups -OCH3 is 1. The molecule has 1 aliphatic rings. The van der Waals surface area contributed by atoms with Gasteiger partial charge in [-0.2, -0.15) is 0 Å². The predicted octanol–water partition coefficient (Wildman–Crippen LogP) is 3.57. The third-order valence-corrected chi connectivity index (χ3v) is 7.34. The van der Waals surface area contributed by atoms with Crippen molar-refractivity contribution in [3.05, 3.63) is 88.6 Å². The molecule has 0 N–H and O–H groups in total. The summed E-state index contributed by atoms with van der Waals surface area (Å²) in [5.74, 6) is 0.397. The number of thiazole rings is 1. The summed E-state index contributed by atoms with van der Waals surface area (Å²) in [4.78, 5) is 45.0. The summed E-state index contributed by atoms with van der Waals surface area (Å²) in [6.07, 6.45) is 1.50. The molecule has 2 aromatic carbocycles. The molecule has 41 heavy (non-hydrogen) atoms. The van der Waals surface area contributed by atoms with Crippen LogP contribution in [0.25, 0.3) is 6.08 Å². The highest BCUT2D eigenvalue weighted by Gasteiger charge is 2.34. The lowest BCUT2D eigenvalue weighted by Crippen LogP contribution is -2.40. The molecule has 1 unspecified atom stereocenters. The fourth-order valence-corrected chi connectivity index (χ4v) is 5.67. The number of hydrogen-bond donors (Lipinski definition) is 0. The van der Waals surface area contributed by atoms with E-state index in [1.807, 2.05) is 13.8 Å². The number of rotatable bonds is 9. The molecule has 0 amide bonds. The average Bonchev–Trinajstić information content (AvgIpc) is 3.21. The number of allylic oxidation sites excluding steroid dienone is 1. The largest absolute Gasteiger partial charge is 0.493 e. The molecule has 1 atom stereocenters. The second-order valence-corrected chi connectivity index (χ2v) is 10.8. The smallest absolute Gasteiger partial charge is 0.338 e. The van der Waals surface area contributed by atoms with Gasteiger partial charge in [-0.05, 0) is 63.1 Å². The molecule has 0 radical (unpaired) electrons. The highest BCUT2D eigenvalue weighted by Crippen LogP contribution is 2.36. The second kappa shape index (κ2) is 12.0. The van der Waals surface area contributed by atoms with Crippen LogP contribution in [0.2, 0.25) is 0 Å². The second-order valence-electron chi connectivity index (χ2n) is 9.78. The average molecular weight is 581 g/mol. The Hall–Kier alpha value is -4.45. The molecular formula is C29H32N4O7S. The van der Waals surface area contributed by atoms with Gasteiger partial charge in [0, 0.05) is 20.2 Å². The van der Waals surface area contributed by atoms with Gasteiger partial charge in [-0.3, -0.25) is 19.5 Å². The van der Waals surface area contributed by atoms with Crippen LogP contribution in [0.15, 0.2) is 57.5 Å². The van der Waals surface area contributed by atoms with Crippen molar-refractivity contribution in [1.29, 1.82) is 0 Å². The number of hydrogen-bond acceptors (Lipinski definition) is 10. The van der Waals surface area contributed by atoms with Crippen molar-refractivity contribution < 1.29 is 23.9 Å². The molecule has 0 spiro atoms. The van der Waals surface area contributed by atoms with Gasteiger partial charge in [0.15, 0.2) is 16.3 Å². The minimum absolute atomic E-state index is 0.0781. The Labute approximate surface area is 240 Å². The van der Waals surface area contributed by atoms with Crippen LogP contribution in [0.1, 0.15) is 44.9 Å². The van der Waals surface area contributed by atoms with E-state index in [-0.39, 0.29) is 24.0 Å². The molecular weight excluding hydrogens is 548 g/mol. The number of anilines is 1. The molecule has 0 fully saturated rings. The lowest BCUT2D eigenvalue weighted by molar-refractivity contribution is -0.384. The first-order valence-electron chi connectivity index (χ1n) is 13.0. The van der Waals surface area contributed by atoms with Gasteiger partial charge in [0.05, 0.1) is 46.6 Å². The minimum atomic E-state index is -0.847. The maximum atomic E-state index is 13.9. The van der Waals surface area contributed by atoms with Crippen LogP contribution in [0.5, 0.6) is 11.5 Å². The van der Waals surface area contributed by atoms with Crippen LogP contribution in [-0.4, -0.2) is 49.4 Å². The van der Waals surface area contributed by atoms with Gasteiger partial charge in [-0.1, -0.05) is 23.5 Å². The van der Waals surface area contributed by atoms with Crippen molar-refractivity contribution in [2.45, 2.75) is 39.8 Å². The molecule has 0 bridgehead atoms. The Morgan fingerprint density at radius 3 is 2.56 bits per heavy atom. The fraction of sp³-hybridized carbons (Fsp3) is 0.345. The van der Waals surface area contributed by atoms with Crippen molar-refractivity contribution in [3.63, 3.8) is 0 Å². The summed E-state index contributed by atoms with van der Waals surface area (Å²) < 4.78 is 18.6. The number of nitrogens with zero attached hydrogens (tertiary/aromatic N) is 4. The minimum Gasteiger partial charge on any atom is -0.493 e. The lowest BCUT2D eigenvalue weighted by Gasteiger charge is -2.25. The Kier molecular flexibility index (Phi) is 8.62. The number of nitro benzene ring substituents is 1. The fourth-order valence-electron chi connectivity index (χ4n) is 4.62. The first-order valence-corrected chi connectivity index (χ1v) is 13.8. The van der Waals surface area contributed by atoms with Crippen LogP contribution in [0.3, 0.4) is 0 Å². The Morgan fingerprint density at radius 1 is 1.22 bits per heavy atom. The number of carbonyl (C=O) groups excluding carboxylic acids is 1. The standard InChI is InChI=1S/C29H32N4O7S/c1-8-39-28(35)25-17(4)30-29-32(26(25)19-10-12-22(40-16(2)3)23(15-19)38-7)27(34)24(41-29)14-18-9-11-20(31(5)6)21(13-18)33(36)37/h9-16,26H,8H2,1-7H3. The normalized spacial score (nSPS) is 14.9. The molecule has 4 rings (SSSR count). The van der Waals surface area contributed by atoms with Crippen LogP contribution in [-0.2, 0) is 9.53 Å². The molecule has 1 aromatic heterocycles. The van der Waals surface area contributed by atoms with Crippen LogP contribution >= 0.6 is 11.3 Å². The number of carbonyl (C=O) groups is 1. The first-order chi connectivity index (χ1) is 19.5. The van der Waals surface area contributed by atoms with E-state index in [1.54, 1.807) is 69.3 Å². The number of nitro groups is 1. The van der Waals surface area contributed by atoms with Crippen molar-refractivity contribution in [3.8, 4) is 11.5 Å². The zero-order chi connectivity index (χ0) is 30.0. The number of esters is 1. The summed E-state index contributed by atoms with van der Waals surface area (Å²) >= 11 is 1.14. The SMILES string of the molecule is CCOC(=O)C1=C(C)N=c2sc(=Cc3ccc(N(C)C)c([N+](=O)[O-])c3)c(=O)n2C1c1ccc(OC(C)C)c(OC)c1. The van der Waals surface area contributed by atoms with Crippen LogP contribution in [0.4, 0.5) is 11.4 Å². The van der Waals surface area contributed by atoms with Crippen molar-refractivity contribution in [2.24, 2.45) is 4.99 Å². The van der Waals surface area contributed by atoms with Gasteiger partial charge < -0.3 is 19.1 Å². The Morgan fingerprint density at radius 2 is 1.95 bits per heavy atom. The topological polar surface area (TPSA) is 126 Å². The van der Waals surface area contributed by atoms with Gasteiger partial charge in [-0.25, -0.2) is 9.79 Å². The van der Waals surface area contributed by atoms with Gasteiger partial charge in [0.1, 0.15) is 5.69 Å². The van der Waals surface area contributed by atoms with Gasteiger partial charge >= 0.3 is 5.97 Å². The van der Waals surface area contributed by atoms with E-state index in [2.05, 4.69) is 4.99 Å². The van der Waals surface area contributed by atoms with E-state index >= 15 is 0 Å². The molecule has 3 aromatic rings. The number of ether oxygens (including phenoxy) is 3. The third-order valence-electron chi connectivity index (χ3n) is 6.36. The quantitative estimate of drug-likeness (QED) is 0.214. The van der Waals surface area contributed by atoms with E-state index < -0.39 is 22.5 Å². The molecule has 11 nitrogen and oxygen atoms in total. The maximum Gasteiger partial charge on any atom is 0.338 e. The van der Waals surface area contributed by atoms with E-state index in [4.69, 9.17) is 14.2 Å². The van der Waals surface area contributed by atoms with Crippen molar-refractivity contribution in [2.75, 3.05) is 32.7 Å². The van der Waals surface area contributed by atoms with E-state index in [0.29, 0.717) is 43.3 Å². The van der Waals surface area contributed by atoms with Crippen LogP contribution in [0, 0.1) is 10.1 Å². The molecule has 1 aliphatic heterocycles. The lowest BCUT2D eigenvalue weighted by atomic mass is 9.95. The van der Waals surface area contributed by atoms with Gasteiger partial charge in [0.2, 0.25) is 0 Å². The number of fused-ring (bicyclic) bond motifs is 1. The summed E-state index contributed by atoms with van der Waals surface area (Å²) in [7, 11) is 4.96. The summed E-state index contributed by atoms with van der Waals surface area (Å²) in [5, 5.41) is 11.7. The molecule has 12 heteroatoms. The van der Waals surface area contributed by atoms with Crippen molar-refractivity contribution in [1.82, 2.24) is 4.57 Å². The van der Waals surface area contributed by atoms with E-state index in [9.17, 15) is 19.7 Å². The highest BCUT2D eigenvalue weighted by atomic mass is 32.1. The Bertz CT molecular complexity index is 1720. The number of aromatic nitrogens is 1. The summed E-state index contributed by atoms with van der Waals surface area (Å²) in [5.41, 5.74) is 1.72. The molecule has 0 saturated carbocycles. The predicted molar refractivity (Wildman–Crippen MR) is 157 cm³/mol. The third kappa shape index (κ3) is 5.87. The zero-order valence-corrected chi connectivity index (χ0v) is 24.8. The Balaban J connectivity index is 1.94. The molecule has 0 saturated heterocycles. The molecule has 0 aliphatic carbocycles. The van der Waals surface area contributed by atoms with E-state index in [1.165, 1.54) is 17.7 Å². The summed E-state index contributed by atoms with van der Waals surface area (Å²) in [6, 6.07) is 9.20. The van der Waals surface area contributed by atoms with Crippen molar-refractivity contribution >= 4 is 34.8 Å². The maximum absolute atomic E-state index is 13.9. The van der Waals surface area contributed by atoms with E-state index in [0.717, 1.165) is 11.3 Å².